The molecule has 76 valence electrons. The van der Waals surface area contributed by atoms with Gasteiger partial charge in [-0.1, -0.05) is 0 Å². The third-order valence-electron chi connectivity index (χ3n) is 2.50. The van der Waals surface area contributed by atoms with E-state index in [1.54, 1.807) is 21.0 Å². The lowest BCUT2D eigenvalue weighted by Gasteiger charge is -2.41. The highest BCUT2D eigenvalue weighted by molar-refractivity contribution is 5.85. The molecule has 13 heavy (non-hydrogen) atoms. The zero-order valence-corrected chi connectivity index (χ0v) is 8.73. The number of amides is 1. The number of carbonyl (C=O) groups is 1. The van der Waals surface area contributed by atoms with Gasteiger partial charge in [-0.25, -0.2) is 0 Å². The van der Waals surface area contributed by atoms with Crippen molar-refractivity contribution in [2.75, 3.05) is 20.2 Å². The van der Waals surface area contributed by atoms with Crippen LogP contribution in [-0.2, 0) is 9.53 Å². The van der Waals surface area contributed by atoms with Crippen LogP contribution in [0.5, 0.6) is 0 Å². The Morgan fingerprint density at radius 3 is 2.38 bits per heavy atom. The van der Waals surface area contributed by atoms with Gasteiger partial charge in [0, 0.05) is 20.2 Å². The molecule has 1 rings (SSSR count). The molecule has 0 bridgehead atoms. The van der Waals surface area contributed by atoms with Crippen molar-refractivity contribution in [3.05, 3.63) is 0 Å². The highest BCUT2D eigenvalue weighted by Gasteiger charge is 2.37. The first-order valence-electron chi connectivity index (χ1n) is 4.48. The van der Waals surface area contributed by atoms with Crippen LogP contribution in [0, 0.1) is 0 Å². The molecule has 4 heteroatoms. The molecule has 4 nitrogen and oxygen atoms in total. The summed E-state index contributed by atoms with van der Waals surface area (Å²) < 4.78 is 5.08. The number of carbonyl (C=O) groups excluding carboxylic acids is 1. The molecule has 1 aliphatic rings. The van der Waals surface area contributed by atoms with Crippen molar-refractivity contribution in [3.63, 3.8) is 0 Å². The number of ether oxygens (including phenoxy) is 1. The van der Waals surface area contributed by atoms with Gasteiger partial charge in [0.25, 0.3) is 5.91 Å². The van der Waals surface area contributed by atoms with Crippen molar-refractivity contribution >= 4 is 5.91 Å². The van der Waals surface area contributed by atoms with E-state index in [0.29, 0.717) is 0 Å². The Kier molecular flexibility index (Phi) is 2.63. The minimum absolute atomic E-state index is 0.0565. The van der Waals surface area contributed by atoms with Gasteiger partial charge in [-0.3, -0.25) is 4.79 Å². The zero-order chi connectivity index (χ0) is 10.1. The van der Waals surface area contributed by atoms with Crippen molar-refractivity contribution in [1.29, 1.82) is 0 Å². The van der Waals surface area contributed by atoms with Gasteiger partial charge in [0.05, 0.1) is 5.54 Å². The highest BCUT2D eigenvalue weighted by atomic mass is 16.5. The lowest BCUT2D eigenvalue weighted by Crippen LogP contribution is -2.69. The molecule has 0 atom stereocenters. The number of methoxy groups -OCH3 is 1. The smallest absolute Gasteiger partial charge is 0.252 e. The zero-order valence-electron chi connectivity index (χ0n) is 8.73. The van der Waals surface area contributed by atoms with E-state index in [1.807, 2.05) is 6.92 Å². The van der Waals surface area contributed by atoms with Crippen LogP contribution in [-0.4, -0.2) is 37.2 Å². The number of rotatable bonds is 3. The van der Waals surface area contributed by atoms with Crippen LogP contribution in [0.3, 0.4) is 0 Å². The highest BCUT2D eigenvalue weighted by Crippen LogP contribution is 2.13. The molecule has 1 heterocycles. The first kappa shape index (κ1) is 10.5. The second-order valence-electron chi connectivity index (χ2n) is 4.33. The topological polar surface area (TPSA) is 50.4 Å². The average Bonchev–Trinajstić information content (AvgIpc) is 2.01. The van der Waals surface area contributed by atoms with E-state index in [-0.39, 0.29) is 11.4 Å². The summed E-state index contributed by atoms with van der Waals surface area (Å²) in [7, 11) is 1.54. The third-order valence-corrected chi connectivity index (χ3v) is 2.50. The minimum Gasteiger partial charge on any atom is -0.369 e. The molecule has 0 unspecified atom stereocenters. The molecule has 0 spiro atoms. The van der Waals surface area contributed by atoms with E-state index in [1.165, 1.54) is 0 Å². The normalized spacial score (nSPS) is 20.6. The van der Waals surface area contributed by atoms with Crippen LogP contribution in [0.15, 0.2) is 0 Å². The number of hydrogen-bond donors (Lipinski definition) is 2. The Morgan fingerprint density at radius 1 is 1.54 bits per heavy atom. The second-order valence-corrected chi connectivity index (χ2v) is 4.33. The molecule has 0 aromatic carbocycles. The molecule has 2 N–H and O–H groups in total. The lowest BCUT2D eigenvalue weighted by molar-refractivity contribution is -0.142. The number of nitrogens with one attached hydrogen (secondary N) is 2. The maximum absolute atomic E-state index is 11.6. The first-order valence-corrected chi connectivity index (χ1v) is 4.48. The summed E-state index contributed by atoms with van der Waals surface area (Å²) in [5, 5.41) is 6.08. The van der Waals surface area contributed by atoms with E-state index in [2.05, 4.69) is 10.6 Å². The maximum atomic E-state index is 11.6. The fraction of sp³-hybridized carbons (Fsp3) is 0.889. The summed E-state index contributed by atoms with van der Waals surface area (Å²) in [4.78, 5) is 11.6. The molecule has 1 amide bonds. The van der Waals surface area contributed by atoms with E-state index in [0.717, 1.165) is 13.1 Å². The van der Waals surface area contributed by atoms with Crippen LogP contribution in [0.4, 0.5) is 0 Å². The number of hydrogen-bond acceptors (Lipinski definition) is 3. The van der Waals surface area contributed by atoms with E-state index >= 15 is 0 Å². The molecular formula is C9H18N2O2. The van der Waals surface area contributed by atoms with Gasteiger partial charge in [-0.15, -0.1) is 0 Å². The molecule has 0 aromatic heterocycles. The third kappa shape index (κ3) is 2.19. The van der Waals surface area contributed by atoms with E-state index in [4.69, 9.17) is 4.74 Å². The van der Waals surface area contributed by atoms with Gasteiger partial charge < -0.3 is 15.4 Å². The largest absolute Gasteiger partial charge is 0.369 e. The Bertz CT molecular complexity index is 210. The monoisotopic (exact) mass is 186 g/mol. The molecule has 0 radical (unpaired) electrons. The summed E-state index contributed by atoms with van der Waals surface area (Å²) in [6.07, 6.45) is 0. The second kappa shape index (κ2) is 3.27. The van der Waals surface area contributed by atoms with Crippen LogP contribution in [0.25, 0.3) is 0 Å². The molecule has 1 fully saturated rings. The van der Waals surface area contributed by atoms with Gasteiger partial charge >= 0.3 is 0 Å². The van der Waals surface area contributed by atoms with Crippen LogP contribution in [0.1, 0.15) is 20.8 Å². The van der Waals surface area contributed by atoms with Gasteiger partial charge in [-0.05, 0) is 20.8 Å². The fourth-order valence-corrected chi connectivity index (χ4v) is 1.11. The van der Waals surface area contributed by atoms with Gasteiger partial charge in [0.1, 0.15) is 5.60 Å². The lowest BCUT2D eigenvalue weighted by atomic mass is 9.94. The minimum atomic E-state index is -0.738. The Balaban J connectivity index is 2.49. The maximum Gasteiger partial charge on any atom is 0.252 e. The van der Waals surface area contributed by atoms with E-state index < -0.39 is 5.60 Å². The van der Waals surface area contributed by atoms with Gasteiger partial charge in [-0.2, -0.15) is 0 Å². The predicted octanol–water partition coefficient (Wildman–Crippen LogP) is -0.110. The van der Waals surface area contributed by atoms with Crippen LogP contribution < -0.4 is 10.6 Å². The summed E-state index contributed by atoms with van der Waals surface area (Å²) in [5.41, 5.74) is -0.828. The van der Waals surface area contributed by atoms with Crippen molar-refractivity contribution in [2.45, 2.75) is 31.9 Å². The summed E-state index contributed by atoms with van der Waals surface area (Å²) in [6.45, 7) is 7.21. The SMILES string of the molecule is COC(C)(C)C(=O)NC1(C)CNC1. The van der Waals surface area contributed by atoms with Crippen molar-refractivity contribution in [3.8, 4) is 0 Å². The fourth-order valence-electron chi connectivity index (χ4n) is 1.11. The molecular weight excluding hydrogens is 168 g/mol. The van der Waals surface area contributed by atoms with Crippen LogP contribution >= 0.6 is 0 Å². The quantitative estimate of drug-likeness (QED) is 0.646. The molecule has 1 saturated heterocycles. The van der Waals surface area contributed by atoms with Crippen molar-refractivity contribution < 1.29 is 9.53 Å². The van der Waals surface area contributed by atoms with Crippen molar-refractivity contribution in [2.24, 2.45) is 0 Å². The Labute approximate surface area is 79.0 Å². The first-order chi connectivity index (χ1) is 5.90. The van der Waals surface area contributed by atoms with E-state index in [9.17, 15) is 4.79 Å². The molecule has 1 aliphatic heterocycles. The summed E-state index contributed by atoms with van der Waals surface area (Å²) in [6, 6.07) is 0. The molecule has 0 aromatic rings. The van der Waals surface area contributed by atoms with Crippen molar-refractivity contribution in [1.82, 2.24) is 10.6 Å². The summed E-state index contributed by atoms with van der Waals surface area (Å²) >= 11 is 0. The molecule has 0 aliphatic carbocycles. The average molecular weight is 186 g/mol. The molecule has 0 saturated carbocycles. The van der Waals surface area contributed by atoms with Gasteiger partial charge in [0.2, 0.25) is 0 Å². The standard InChI is InChI=1S/C9H18N2O2/c1-8(2,13-4)7(12)11-9(3)5-10-6-9/h10H,5-6H2,1-4H3,(H,11,12). The summed E-state index contributed by atoms with van der Waals surface area (Å²) in [5.74, 6) is -0.0565. The van der Waals surface area contributed by atoms with Gasteiger partial charge in [0.15, 0.2) is 0 Å². The predicted molar refractivity (Wildman–Crippen MR) is 50.5 cm³/mol. The van der Waals surface area contributed by atoms with Crippen LogP contribution in [0.2, 0.25) is 0 Å². The Hall–Kier alpha value is -0.610. The Morgan fingerprint density at radius 2 is 2.08 bits per heavy atom.